The lowest BCUT2D eigenvalue weighted by molar-refractivity contribution is -0.128. The first-order chi connectivity index (χ1) is 10.7. The van der Waals surface area contributed by atoms with E-state index in [1.54, 1.807) is 19.2 Å². The average molecular weight is 304 g/mol. The van der Waals surface area contributed by atoms with Gasteiger partial charge in [-0.2, -0.15) is 0 Å². The van der Waals surface area contributed by atoms with Crippen LogP contribution in [0.25, 0.3) is 0 Å². The van der Waals surface area contributed by atoms with E-state index < -0.39 is 0 Å². The number of hydrogen-bond donors (Lipinski definition) is 1. The highest BCUT2D eigenvalue weighted by Crippen LogP contribution is 2.26. The van der Waals surface area contributed by atoms with Gasteiger partial charge in [0.15, 0.2) is 0 Å². The van der Waals surface area contributed by atoms with Crippen molar-refractivity contribution in [1.82, 2.24) is 4.90 Å². The number of anilines is 1. The maximum atomic E-state index is 12.4. The number of carbonyl (C=O) groups excluding carboxylic acids is 2. The van der Waals surface area contributed by atoms with Crippen molar-refractivity contribution in [3.05, 3.63) is 24.3 Å². The van der Waals surface area contributed by atoms with Crippen LogP contribution < -0.4 is 10.1 Å². The van der Waals surface area contributed by atoms with Gasteiger partial charge < -0.3 is 15.0 Å². The summed E-state index contributed by atoms with van der Waals surface area (Å²) in [6, 6.07) is 7.29. The minimum absolute atomic E-state index is 0.0799. The average Bonchev–Trinajstić information content (AvgIpc) is 2.89. The molecule has 1 N–H and O–H groups in total. The van der Waals surface area contributed by atoms with Gasteiger partial charge in [0.2, 0.25) is 11.8 Å². The van der Waals surface area contributed by atoms with E-state index in [1.165, 1.54) is 0 Å². The number of unbranched alkanes of at least 4 members (excludes halogenated alkanes) is 2. The molecule has 1 heterocycles. The van der Waals surface area contributed by atoms with Crippen LogP contribution in [0.1, 0.15) is 32.6 Å². The van der Waals surface area contributed by atoms with Crippen molar-refractivity contribution in [2.45, 2.75) is 32.6 Å². The van der Waals surface area contributed by atoms with Gasteiger partial charge in [-0.1, -0.05) is 31.9 Å². The molecule has 0 aliphatic carbocycles. The van der Waals surface area contributed by atoms with Crippen LogP contribution >= 0.6 is 0 Å². The number of likely N-dealkylation sites (tertiary alicyclic amines) is 1. The summed E-state index contributed by atoms with van der Waals surface area (Å²) < 4.78 is 5.22. The van der Waals surface area contributed by atoms with Crippen LogP contribution in [0.3, 0.4) is 0 Å². The highest BCUT2D eigenvalue weighted by Gasteiger charge is 2.34. The molecule has 1 saturated heterocycles. The Morgan fingerprint density at radius 1 is 1.36 bits per heavy atom. The third kappa shape index (κ3) is 4.00. The van der Waals surface area contributed by atoms with Gasteiger partial charge in [0, 0.05) is 19.5 Å². The summed E-state index contributed by atoms with van der Waals surface area (Å²) in [5.74, 6) is 0.311. The van der Waals surface area contributed by atoms with E-state index in [9.17, 15) is 9.59 Å². The van der Waals surface area contributed by atoms with E-state index in [4.69, 9.17) is 4.74 Å². The van der Waals surface area contributed by atoms with Crippen molar-refractivity contribution >= 4 is 17.5 Å². The monoisotopic (exact) mass is 304 g/mol. The molecule has 2 rings (SSSR count). The minimum atomic E-state index is -0.279. The molecule has 1 aromatic carbocycles. The molecule has 1 atom stereocenters. The van der Waals surface area contributed by atoms with Crippen LogP contribution in [0.4, 0.5) is 5.69 Å². The third-order valence-corrected chi connectivity index (χ3v) is 3.98. The van der Waals surface area contributed by atoms with Gasteiger partial charge in [0.05, 0.1) is 18.7 Å². The van der Waals surface area contributed by atoms with Gasteiger partial charge in [0.25, 0.3) is 0 Å². The number of hydrogen-bond acceptors (Lipinski definition) is 3. The number of nitrogens with zero attached hydrogens (tertiary/aromatic N) is 1. The molecular formula is C17H24N2O3. The first-order valence-electron chi connectivity index (χ1n) is 7.87. The smallest absolute Gasteiger partial charge is 0.229 e. The summed E-state index contributed by atoms with van der Waals surface area (Å²) >= 11 is 0. The molecule has 1 unspecified atom stereocenters. The SMILES string of the molecule is CCCCCN1CC(C(=O)Nc2ccccc2OC)CC1=O. The Morgan fingerprint density at radius 2 is 2.14 bits per heavy atom. The zero-order chi connectivity index (χ0) is 15.9. The van der Waals surface area contributed by atoms with Crippen molar-refractivity contribution in [1.29, 1.82) is 0 Å². The minimum Gasteiger partial charge on any atom is -0.495 e. The highest BCUT2D eigenvalue weighted by molar-refractivity contribution is 5.98. The molecule has 5 heteroatoms. The number of rotatable bonds is 7. The zero-order valence-electron chi connectivity index (χ0n) is 13.3. The lowest BCUT2D eigenvalue weighted by Gasteiger charge is -2.16. The summed E-state index contributed by atoms with van der Waals surface area (Å²) in [6.45, 7) is 3.41. The van der Waals surface area contributed by atoms with Crippen LogP contribution in [-0.2, 0) is 9.59 Å². The maximum absolute atomic E-state index is 12.4. The standard InChI is InChI=1S/C17H24N2O3/c1-3-4-7-10-19-12-13(11-16(19)20)17(21)18-14-8-5-6-9-15(14)22-2/h5-6,8-9,13H,3-4,7,10-12H2,1-2H3,(H,18,21). The number of ether oxygens (including phenoxy) is 1. The van der Waals surface area contributed by atoms with Gasteiger partial charge in [-0.3, -0.25) is 9.59 Å². The molecule has 1 aliphatic heterocycles. The molecule has 22 heavy (non-hydrogen) atoms. The van der Waals surface area contributed by atoms with Gasteiger partial charge >= 0.3 is 0 Å². The predicted molar refractivity (Wildman–Crippen MR) is 85.8 cm³/mol. The Balaban J connectivity index is 1.92. The Labute approximate surface area is 131 Å². The fraction of sp³-hybridized carbons (Fsp3) is 0.529. The molecule has 0 spiro atoms. The first-order valence-corrected chi connectivity index (χ1v) is 7.87. The Kier molecular flexibility index (Phi) is 5.81. The molecule has 0 aromatic heterocycles. The molecule has 120 valence electrons. The molecule has 5 nitrogen and oxygen atoms in total. The van der Waals surface area contributed by atoms with Crippen LogP contribution in [0.5, 0.6) is 5.75 Å². The summed E-state index contributed by atoms with van der Waals surface area (Å²) in [5, 5.41) is 2.87. The number of carbonyl (C=O) groups is 2. The molecule has 1 aromatic rings. The van der Waals surface area contributed by atoms with Crippen molar-refractivity contribution in [3.63, 3.8) is 0 Å². The third-order valence-electron chi connectivity index (χ3n) is 3.98. The topological polar surface area (TPSA) is 58.6 Å². The van der Waals surface area contributed by atoms with E-state index in [0.717, 1.165) is 25.8 Å². The summed E-state index contributed by atoms with van der Waals surface area (Å²) in [6.07, 6.45) is 3.54. The Bertz CT molecular complexity index is 530. The predicted octanol–water partition coefficient (Wildman–Crippen LogP) is 2.67. The molecule has 0 saturated carbocycles. The summed E-state index contributed by atoms with van der Waals surface area (Å²) in [5.41, 5.74) is 0.645. The second kappa shape index (κ2) is 7.82. The molecule has 1 aliphatic rings. The van der Waals surface area contributed by atoms with E-state index in [0.29, 0.717) is 24.4 Å². The molecular weight excluding hydrogens is 280 g/mol. The van der Waals surface area contributed by atoms with E-state index in [-0.39, 0.29) is 17.7 Å². The van der Waals surface area contributed by atoms with Crippen molar-refractivity contribution in [2.24, 2.45) is 5.92 Å². The van der Waals surface area contributed by atoms with Crippen molar-refractivity contribution < 1.29 is 14.3 Å². The number of amides is 2. The normalized spacial score (nSPS) is 17.6. The molecule has 0 radical (unpaired) electrons. The second-order valence-electron chi connectivity index (χ2n) is 5.64. The highest BCUT2D eigenvalue weighted by atomic mass is 16.5. The second-order valence-corrected chi connectivity index (χ2v) is 5.64. The summed E-state index contributed by atoms with van der Waals surface area (Å²) in [4.78, 5) is 26.1. The van der Waals surface area contributed by atoms with Crippen molar-refractivity contribution in [2.75, 3.05) is 25.5 Å². The van der Waals surface area contributed by atoms with Crippen LogP contribution in [0.15, 0.2) is 24.3 Å². The van der Waals surface area contributed by atoms with E-state index in [1.807, 2.05) is 17.0 Å². The first kappa shape index (κ1) is 16.3. The zero-order valence-corrected chi connectivity index (χ0v) is 13.3. The van der Waals surface area contributed by atoms with Crippen molar-refractivity contribution in [3.8, 4) is 5.75 Å². The van der Waals surface area contributed by atoms with Gasteiger partial charge in [-0.05, 0) is 18.6 Å². The molecule has 2 amide bonds. The van der Waals surface area contributed by atoms with E-state index in [2.05, 4.69) is 12.2 Å². The fourth-order valence-corrected chi connectivity index (χ4v) is 2.70. The maximum Gasteiger partial charge on any atom is 0.229 e. The number of para-hydroxylation sites is 2. The van der Waals surface area contributed by atoms with Gasteiger partial charge in [-0.15, -0.1) is 0 Å². The molecule has 1 fully saturated rings. The number of nitrogens with one attached hydrogen (secondary N) is 1. The fourth-order valence-electron chi connectivity index (χ4n) is 2.70. The number of benzene rings is 1. The summed E-state index contributed by atoms with van der Waals surface area (Å²) in [7, 11) is 1.57. The van der Waals surface area contributed by atoms with E-state index >= 15 is 0 Å². The number of methoxy groups -OCH3 is 1. The van der Waals surface area contributed by atoms with Crippen LogP contribution in [0, 0.1) is 5.92 Å². The Hall–Kier alpha value is -2.04. The largest absolute Gasteiger partial charge is 0.495 e. The quantitative estimate of drug-likeness (QED) is 0.788. The lowest BCUT2D eigenvalue weighted by atomic mass is 10.1. The van der Waals surface area contributed by atoms with Crippen LogP contribution in [0.2, 0.25) is 0 Å². The van der Waals surface area contributed by atoms with Crippen LogP contribution in [-0.4, -0.2) is 36.9 Å². The van der Waals surface area contributed by atoms with Gasteiger partial charge in [0.1, 0.15) is 5.75 Å². The lowest BCUT2D eigenvalue weighted by Crippen LogP contribution is -2.29. The molecule has 0 bridgehead atoms. The van der Waals surface area contributed by atoms with Gasteiger partial charge in [-0.25, -0.2) is 0 Å². The Morgan fingerprint density at radius 3 is 2.86 bits per heavy atom.